The molecule has 0 aliphatic carbocycles. The topological polar surface area (TPSA) is 67.6 Å². The number of amides is 1. The Morgan fingerprint density at radius 1 is 1.14 bits per heavy atom. The third-order valence-corrected chi connectivity index (χ3v) is 4.56. The van der Waals surface area contributed by atoms with Crippen molar-refractivity contribution in [1.82, 2.24) is 15.2 Å². The summed E-state index contributed by atoms with van der Waals surface area (Å²) in [6.45, 7) is 2.44. The lowest BCUT2D eigenvalue weighted by Crippen LogP contribution is -2.55. The molecule has 1 atom stereocenters. The molecule has 0 radical (unpaired) electrons. The van der Waals surface area contributed by atoms with Crippen LogP contribution >= 0.6 is 24.8 Å². The molecule has 1 saturated heterocycles. The maximum atomic E-state index is 13.0. The van der Waals surface area contributed by atoms with Gasteiger partial charge in [-0.25, -0.2) is 0 Å². The quantitative estimate of drug-likeness (QED) is 0.661. The van der Waals surface area contributed by atoms with Gasteiger partial charge in [-0.1, -0.05) is 30.3 Å². The van der Waals surface area contributed by atoms with Crippen LogP contribution in [0.25, 0.3) is 11.3 Å². The maximum absolute atomic E-state index is 13.0. The normalized spacial score (nSPS) is 15.7. The summed E-state index contributed by atoms with van der Waals surface area (Å²) in [6, 6.07) is 17.0. The van der Waals surface area contributed by atoms with Gasteiger partial charge in [-0.05, 0) is 24.3 Å². The summed E-state index contributed by atoms with van der Waals surface area (Å²) in [4.78, 5) is 18.9. The Kier molecular flexibility index (Phi) is 8.51. The average molecular weight is 436 g/mol. The van der Waals surface area contributed by atoms with Crippen molar-refractivity contribution >= 4 is 30.7 Å². The predicted molar refractivity (Wildman–Crippen MR) is 116 cm³/mol. The third-order valence-electron chi connectivity index (χ3n) is 4.56. The van der Waals surface area contributed by atoms with E-state index in [1.54, 1.807) is 18.5 Å². The van der Waals surface area contributed by atoms with Crippen LogP contribution in [0.2, 0.25) is 0 Å². The van der Waals surface area contributed by atoms with E-state index in [4.69, 9.17) is 9.15 Å². The van der Waals surface area contributed by atoms with E-state index >= 15 is 0 Å². The van der Waals surface area contributed by atoms with Crippen LogP contribution in [0, 0.1) is 0 Å². The first kappa shape index (κ1) is 22.7. The zero-order valence-electron chi connectivity index (χ0n) is 15.7. The fourth-order valence-electron chi connectivity index (χ4n) is 3.15. The molecule has 4 rings (SSSR count). The van der Waals surface area contributed by atoms with Gasteiger partial charge in [0.05, 0.1) is 12.2 Å². The van der Waals surface area contributed by atoms with Gasteiger partial charge in [-0.15, -0.1) is 24.8 Å². The van der Waals surface area contributed by atoms with E-state index in [0.29, 0.717) is 37.0 Å². The molecule has 0 unspecified atom stereocenters. The van der Waals surface area contributed by atoms with Crippen molar-refractivity contribution < 1.29 is 13.9 Å². The van der Waals surface area contributed by atoms with Crippen molar-refractivity contribution in [2.24, 2.45) is 0 Å². The molecule has 1 aromatic carbocycles. The van der Waals surface area contributed by atoms with Crippen LogP contribution in [0.4, 0.5) is 0 Å². The van der Waals surface area contributed by atoms with Gasteiger partial charge in [-0.3, -0.25) is 9.78 Å². The minimum atomic E-state index is -0.113. The molecule has 1 aliphatic rings. The number of piperazine rings is 1. The van der Waals surface area contributed by atoms with Gasteiger partial charge < -0.3 is 19.4 Å². The van der Waals surface area contributed by atoms with Gasteiger partial charge in [0, 0.05) is 31.4 Å². The number of nitrogens with one attached hydrogen (secondary N) is 1. The Morgan fingerprint density at radius 2 is 1.97 bits per heavy atom. The Hall–Kier alpha value is -2.54. The van der Waals surface area contributed by atoms with Gasteiger partial charge in [0.2, 0.25) is 0 Å². The van der Waals surface area contributed by atoms with Gasteiger partial charge in [0.25, 0.3) is 5.91 Å². The Labute approximate surface area is 182 Å². The van der Waals surface area contributed by atoms with Crippen molar-refractivity contribution in [3.8, 4) is 17.1 Å². The van der Waals surface area contributed by atoms with E-state index in [9.17, 15) is 4.79 Å². The number of aromatic nitrogens is 1. The van der Waals surface area contributed by atoms with E-state index in [0.717, 1.165) is 12.1 Å². The molecular weight excluding hydrogens is 413 g/mol. The number of benzene rings is 1. The molecule has 1 fully saturated rings. The molecular formula is C21H23Cl2N3O3. The first-order valence-corrected chi connectivity index (χ1v) is 9.01. The molecule has 6 nitrogen and oxygen atoms in total. The smallest absolute Gasteiger partial charge is 0.290 e. The average Bonchev–Trinajstić information content (AvgIpc) is 3.24. The van der Waals surface area contributed by atoms with Crippen LogP contribution in [-0.2, 0) is 0 Å². The molecule has 0 saturated carbocycles. The molecule has 1 amide bonds. The number of carbonyl (C=O) groups is 1. The first-order valence-electron chi connectivity index (χ1n) is 9.01. The Bertz CT molecular complexity index is 890. The van der Waals surface area contributed by atoms with Crippen LogP contribution in [0.5, 0.6) is 5.75 Å². The number of pyridine rings is 1. The van der Waals surface area contributed by atoms with E-state index in [1.165, 1.54) is 0 Å². The largest absolute Gasteiger partial charge is 0.490 e. The third kappa shape index (κ3) is 5.50. The monoisotopic (exact) mass is 435 g/mol. The minimum absolute atomic E-state index is 0. The summed E-state index contributed by atoms with van der Waals surface area (Å²) in [5.41, 5.74) is 0.952. The fraction of sp³-hybridized carbons (Fsp3) is 0.238. The second-order valence-corrected chi connectivity index (χ2v) is 6.39. The number of ether oxygens (including phenoxy) is 1. The summed E-state index contributed by atoms with van der Waals surface area (Å²) in [6.07, 6.45) is 3.37. The molecule has 3 aromatic rings. The molecule has 29 heavy (non-hydrogen) atoms. The first-order chi connectivity index (χ1) is 13.3. The number of halogens is 2. The second kappa shape index (κ2) is 10.9. The lowest BCUT2D eigenvalue weighted by Gasteiger charge is -2.35. The molecule has 0 spiro atoms. The van der Waals surface area contributed by atoms with Gasteiger partial charge >= 0.3 is 0 Å². The maximum Gasteiger partial charge on any atom is 0.290 e. The Balaban J connectivity index is 0.00000150. The van der Waals surface area contributed by atoms with E-state index in [-0.39, 0.29) is 36.8 Å². The molecule has 0 bridgehead atoms. The standard InChI is InChI=1S/C21H21N3O3.2ClH/c25-21(20-9-8-19(27-20)16-5-2-1-3-6-16)24-12-11-23-13-17(24)15-26-18-7-4-10-22-14-18;;/h1-10,14,17,23H,11-13,15H2;2*1H/t17-;;/m1../s1. The highest BCUT2D eigenvalue weighted by Crippen LogP contribution is 2.23. The highest BCUT2D eigenvalue weighted by atomic mass is 35.5. The zero-order chi connectivity index (χ0) is 18.5. The minimum Gasteiger partial charge on any atom is -0.490 e. The van der Waals surface area contributed by atoms with Gasteiger partial charge in [0.15, 0.2) is 5.76 Å². The number of nitrogens with zero attached hydrogens (tertiary/aromatic N) is 2. The van der Waals surface area contributed by atoms with Gasteiger partial charge in [-0.2, -0.15) is 0 Å². The van der Waals surface area contributed by atoms with Crippen molar-refractivity contribution in [3.05, 3.63) is 72.8 Å². The van der Waals surface area contributed by atoms with Crippen LogP contribution in [0.15, 0.2) is 71.4 Å². The van der Waals surface area contributed by atoms with Crippen molar-refractivity contribution in [2.45, 2.75) is 6.04 Å². The number of rotatable bonds is 5. The second-order valence-electron chi connectivity index (χ2n) is 6.39. The summed E-state index contributed by atoms with van der Waals surface area (Å²) in [5, 5.41) is 3.32. The summed E-state index contributed by atoms with van der Waals surface area (Å²) in [7, 11) is 0. The Morgan fingerprint density at radius 3 is 2.72 bits per heavy atom. The predicted octanol–water partition coefficient (Wildman–Crippen LogP) is 3.68. The van der Waals surface area contributed by atoms with Crippen molar-refractivity contribution in [1.29, 1.82) is 0 Å². The molecule has 1 N–H and O–H groups in total. The van der Waals surface area contributed by atoms with Crippen LogP contribution in [-0.4, -0.2) is 48.1 Å². The fourth-order valence-corrected chi connectivity index (χ4v) is 3.15. The zero-order valence-corrected chi connectivity index (χ0v) is 17.3. The van der Waals surface area contributed by atoms with Crippen molar-refractivity contribution in [2.75, 3.05) is 26.2 Å². The van der Waals surface area contributed by atoms with Crippen LogP contribution < -0.4 is 10.1 Å². The van der Waals surface area contributed by atoms with Gasteiger partial charge in [0.1, 0.15) is 18.1 Å². The number of hydrogen-bond acceptors (Lipinski definition) is 5. The molecule has 3 heterocycles. The molecule has 2 aromatic heterocycles. The number of carbonyl (C=O) groups excluding carboxylic acids is 1. The number of hydrogen-bond donors (Lipinski definition) is 1. The summed E-state index contributed by atoms with van der Waals surface area (Å²) >= 11 is 0. The van der Waals surface area contributed by atoms with Crippen molar-refractivity contribution in [3.63, 3.8) is 0 Å². The summed E-state index contributed by atoms with van der Waals surface area (Å²) in [5.74, 6) is 1.62. The lowest BCUT2D eigenvalue weighted by molar-refractivity contribution is 0.0529. The molecule has 8 heteroatoms. The summed E-state index contributed by atoms with van der Waals surface area (Å²) < 4.78 is 11.6. The highest BCUT2D eigenvalue weighted by molar-refractivity contribution is 5.92. The number of furan rings is 1. The lowest BCUT2D eigenvalue weighted by atomic mass is 10.2. The van der Waals surface area contributed by atoms with Crippen LogP contribution in [0.3, 0.4) is 0 Å². The molecule has 154 valence electrons. The van der Waals surface area contributed by atoms with E-state index in [2.05, 4.69) is 10.3 Å². The van der Waals surface area contributed by atoms with E-state index < -0.39 is 0 Å². The highest BCUT2D eigenvalue weighted by Gasteiger charge is 2.29. The SMILES string of the molecule is Cl.Cl.O=C(c1ccc(-c2ccccc2)o1)N1CCNC[C@@H]1COc1cccnc1. The van der Waals surface area contributed by atoms with Crippen LogP contribution in [0.1, 0.15) is 10.6 Å². The molecule has 1 aliphatic heterocycles. The van der Waals surface area contributed by atoms with E-state index in [1.807, 2.05) is 53.4 Å².